The van der Waals surface area contributed by atoms with Gasteiger partial charge in [0.1, 0.15) is 5.84 Å². The van der Waals surface area contributed by atoms with Crippen LogP contribution in [0.25, 0.3) is 0 Å². The van der Waals surface area contributed by atoms with Crippen molar-refractivity contribution in [3.05, 3.63) is 137 Å². The Morgan fingerprint density at radius 2 is 1.86 bits per heavy atom. The lowest BCUT2D eigenvalue weighted by Crippen LogP contribution is -2.24. The molecule has 2 aromatic carbocycles. The van der Waals surface area contributed by atoms with Crippen molar-refractivity contribution in [2.45, 2.75) is 40.0 Å². The van der Waals surface area contributed by atoms with Crippen LogP contribution in [0.2, 0.25) is 0 Å². The van der Waals surface area contributed by atoms with E-state index in [0.29, 0.717) is 0 Å². The summed E-state index contributed by atoms with van der Waals surface area (Å²) in [7, 11) is 1.32. The highest BCUT2D eigenvalue weighted by Crippen LogP contribution is 2.57. The van der Waals surface area contributed by atoms with Gasteiger partial charge in [-0.1, -0.05) is 123 Å². The summed E-state index contributed by atoms with van der Waals surface area (Å²) >= 11 is 0. The molecule has 3 heteroatoms. The quantitative estimate of drug-likeness (QED) is 0.151. The summed E-state index contributed by atoms with van der Waals surface area (Å²) in [5.74, 6) is 0.978. The van der Waals surface area contributed by atoms with Gasteiger partial charge in [-0.2, -0.15) is 0 Å². The highest BCUT2D eigenvalue weighted by Gasteiger charge is 2.26. The molecular weight excluding hydrogens is 443 g/mol. The fourth-order valence-corrected chi connectivity index (χ4v) is 6.33. The molecule has 0 saturated heterocycles. The standard InChI is InChI=1S/C32H37N2P/c1-6-9-18-29(8-3)35(30-19-12-10-11-13-20-30)34(5)32(28-24-22-26(4)23-25-28)33-31-21-15-14-17-27(31)16-7-2/h6,8-15,17-19,21-25H,3,7,16,20H2,1-2,4-5H3/b9-6-,29-18+,33-32+. The fraction of sp³-hybridized carbons (Fsp3) is 0.219. The Kier molecular flexibility index (Phi) is 10.3. The normalized spacial score (nSPS) is 15.1. The highest BCUT2D eigenvalue weighted by molar-refractivity contribution is 7.65. The summed E-state index contributed by atoms with van der Waals surface area (Å²) in [6, 6.07) is 17.2. The number of amidine groups is 1. The van der Waals surface area contributed by atoms with Crippen molar-refractivity contribution in [2.24, 2.45) is 4.99 Å². The molecule has 35 heavy (non-hydrogen) atoms. The smallest absolute Gasteiger partial charge is 0.140 e. The summed E-state index contributed by atoms with van der Waals surface area (Å²) in [5, 5.41) is 2.57. The second kappa shape index (κ2) is 13.6. The number of allylic oxidation sites excluding steroid dienone is 11. The lowest BCUT2D eigenvalue weighted by atomic mass is 10.1. The number of hydrogen-bond acceptors (Lipinski definition) is 1. The molecule has 0 bridgehead atoms. The molecule has 0 radical (unpaired) electrons. The maximum Gasteiger partial charge on any atom is 0.140 e. The van der Waals surface area contributed by atoms with Crippen molar-refractivity contribution in [3.63, 3.8) is 0 Å². The molecule has 0 spiro atoms. The molecule has 180 valence electrons. The van der Waals surface area contributed by atoms with Crippen molar-refractivity contribution >= 4 is 19.6 Å². The van der Waals surface area contributed by atoms with Crippen LogP contribution in [0.5, 0.6) is 0 Å². The van der Waals surface area contributed by atoms with Crippen molar-refractivity contribution in [3.8, 4) is 0 Å². The summed E-state index contributed by atoms with van der Waals surface area (Å²) in [6.45, 7) is 10.6. The van der Waals surface area contributed by atoms with Gasteiger partial charge in [0.15, 0.2) is 0 Å². The van der Waals surface area contributed by atoms with E-state index in [1.165, 1.54) is 21.8 Å². The van der Waals surface area contributed by atoms with E-state index in [9.17, 15) is 0 Å². The summed E-state index contributed by atoms with van der Waals surface area (Å²) in [4.78, 5) is 5.33. The van der Waals surface area contributed by atoms with Crippen molar-refractivity contribution < 1.29 is 0 Å². The molecule has 0 heterocycles. The van der Waals surface area contributed by atoms with Crippen LogP contribution < -0.4 is 0 Å². The molecule has 1 unspecified atom stereocenters. The SMILES string of the molecule is C=C/C(=C\C=C/C)P(C1=CC=CC=CC1)N(C)/C(=N/c1ccccc1CCC)c1ccc(C)cc1. The van der Waals surface area contributed by atoms with Crippen molar-refractivity contribution in [2.75, 3.05) is 7.05 Å². The zero-order valence-corrected chi connectivity index (χ0v) is 22.4. The van der Waals surface area contributed by atoms with Gasteiger partial charge < -0.3 is 4.67 Å². The number of rotatable bonds is 9. The molecule has 1 aliphatic rings. The first-order valence-electron chi connectivity index (χ1n) is 12.3. The van der Waals surface area contributed by atoms with Crippen LogP contribution in [-0.4, -0.2) is 17.6 Å². The van der Waals surface area contributed by atoms with Gasteiger partial charge in [-0.05, 0) is 48.9 Å². The van der Waals surface area contributed by atoms with Crippen LogP contribution in [0.1, 0.15) is 43.4 Å². The molecule has 0 aromatic heterocycles. The first kappa shape index (κ1) is 26.4. The molecule has 0 amide bonds. The number of aryl methyl sites for hydroxylation is 2. The van der Waals surface area contributed by atoms with Gasteiger partial charge in [0.25, 0.3) is 0 Å². The average Bonchev–Trinajstić information content (AvgIpc) is 3.16. The van der Waals surface area contributed by atoms with E-state index in [1.54, 1.807) is 0 Å². The first-order chi connectivity index (χ1) is 17.1. The van der Waals surface area contributed by atoms with E-state index in [-0.39, 0.29) is 0 Å². The molecule has 0 fully saturated rings. The van der Waals surface area contributed by atoms with Gasteiger partial charge in [0, 0.05) is 12.6 Å². The predicted molar refractivity (Wildman–Crippen MR) is 157 cm³/mol. The van der Waals surface area contributed by atoms with E-state index in [2.05, 4.69) is 129 Å². The maximum absolute atomic E-state index is 5.33. The molecule has 0 N–H and O–H groups in total. The van der Waals surface area contributed by atoms with Crippen LogP contribution in [0, 0.1) is 6.92 Å². The van der Waals surface area contributed by atoms with Gasteiger partial charge >= 0.3 is 0 Å². The van der Waals surface area contributed by atoms with E-state index in [0.717, 1.165) is 36.3 Å². The van der Waals surface area contributed by atoms with Crippen LogP contribution in [-0.2, 0) is 6.42 Å². The number of benzene rings is 2. The molecule has 0 saturated carbocycles. The van der Waals surface area contributed by atoms with Gasteiger partial charge in [-0.15, -0.1) is 0 Å². The van der Waals surface area contributed by atoms with Gasteiger partial charge in [-0.25, -0.2) is 4.99 Å². The van der Waals surface area contributed by atoms with Crippen LogP contribution in [0.3, 0.4) is 0 Å². The third-order valence-electron chi connectivity index (χ3n) is 5.81. The minimum atomic E-state index is -0.864. The number of nitrogens with zero attached hydrogens (tertiary/aromatic N) is 2. The molecule has 3 rings (SSSR count). The number of para-hydroxylation sites is 1. The van der Waals surface area contributed by atoms with Crippen molar-refractivity contribution in [1.82, 2.24) is 4.67 Å². The van der Waals surface area contributed by atoms with Crippen LogP contribution in [0.4, 0.5) is 5.69 Å². The van der Waals surface area contributed by atoms with Gasteiger partial charge in [0.2, 0.25) is 0 Å². The van der Waals surface area contributed by atoms with E-state index >= 15 is 0 Å². The van der Waals surface area contributed by atoms with Gasteiger partial charge in [0.05, 0.1) is 13.8 Å². The fourth-order valence-electron chi connectivity index (χ4n) is 4.01. The lowest BCUT2D eigenvalue weighted by molar-refractivity contribution is 0.819. The Hall–Kier alpha value is -3.22. The Balaban J connectivity index is 2.21. The summed E-state index contributed by atoms with van der Waals surface area (Å²) < 4.78 is 2.37. The number of hydrogen-bond donors (Lipinski definition) is 0. The van der Waals surface area contributed by atoms with E-state index in [4.69, 9.17) is 4.99 Å². The Morgan fingerprint density at radius 3 is 2.57 bits per heavy atom. The third kappa shape index (κ3) is 7.13. The number of aliphatic imine (C=N–C) groups is 1. The topological polar surface area (TPSA) is 15.6 Å². The maximum atomic E-state index is 5.33. The Labute approximate surface area is 213 Å². The predicted octanol–water partition coefficient (Wildman–Crippen LogP) is 9.40. The molecule has 1 atom stereocenters. The summed E-state index contributed by atoms with van der Waals surface area (Å²) in [5.41, 5.74) is 4.68. The average molecular weight is 481 g/mol. The van der Waals surface area contributed by atoms with Gasteiger partial charge in [-0.3, -0.25) is 0 Å². The minimum Gasteiger partial charge on any atom is -0.331 e. The zero-order chi connectivity index (χ0) is 25.0. The lowest BCUT2D eigenvalue weighted by Gasteiger charge is -2.33. The molecular formula is C32H37N2P. The largest absolute Gasteiger partial charge is 0.331 e. The first-order valence-corrected chi connectivity index (χ1v) is 13.6. The third-order valence-corrected chi connectivity index (χ3v) is 8.30. The van der Waals surface area contributed by atoms with E-state index in [1.807, 2.05) is 13.0 Å². The highest BCUT2D eigenvalue weighted by atomic mass is 31.1. The summed E-state index contributed by atoms with van der Waals surface area (Å²) in [6.07, 6.45) is 22.2. The van der Waals surface area contributed by atoms with Crippen LogP contribution >= 0.6 is 8.07 Å². The zero-order valence-electron chi connectivity index (χ0n) is 21.5. The van der Waals surface area contributed by atoms with Crippen LogP contribution in [0.15, 0.2) is 125 Å². The second-order valence-electron chi connectivity index (χ2n) is 8.51. The minimum absolute atomic E-state index is 0.864. The molecule has 2 aromatic rings. The molecule has 0 aliphatic heterocycles. The Bertz CT molecular complexity index is 1180. The van der Waals surface area contributed by atoms with E-state index < -0.39 is 8.07 Å². The molecule has 2 nitrogen and oxygen atoms in total. The second-order valence-corrected chi connectivity index (χ2v) is 10.8. The van der Waals surface area contributed by atoms with Crippen molar-refractivity contribution in [1.29, 1.82) is 0 Å². The Morgan fingerprint density at radius 1 is 1.09 bits per heavy atom. The monoisotopic (exact) mass is 480 g/mol. The molecule has 1 aliphatic carbocycles.